The Bertz CT molecular complexity index is 1140. The molecule has 0 spiro atoms. The van der Waals surface area contributed by atoms with E-state index in [2.05, 4.69) is 24.8 Å². The molecule has 0 saturated heterocycles. The van der Waals surface area contributed by atoms with Gasteiger partial charge in [-0.15, -0.1) is 4.83 Å². The zero-order valence-electron chi connectivity index (χ0n) is 15.5. The van der Waals surface area contributed by atoms with Gasteiger partial charge in [0.25, 0.3) is 15.9 Å². The van der Waals surface area contributed by atoms with Crippen molar-refractivity contribution < 1.29 is 13.2 Å². The van der Waals surface area contributed by atoms with Crippen molar-refractivity contribution in [3.63, 3.8) is 0 Å². The van der Waals surface area contributed by atoms with Crippen LogP contribution in [0.1, 0.15) is 41.1 Å². The summed E-state index contributed by atoms with van der Waals surface area (Å²) in [6.07, 6.45) is 4.09. The molecule has 0 bridgehead atoms. The van der Waals surface area contributed by atoms with Crippen molar-refractivity contribution in [2.45, 2.75) is 44.0 Å². The van der Waals surface area contributed by atoms with Gasteiger partial charge in [-0.25, -0.2) is 18.4 Å². The van der Waals surface area contributed by atoms with Crippen molar-refractivity contribution in [1.29, 1.82) is 0 Å². The first-order chi connectivity index (χ1) is 13.5. The van der Waals surface area contributed by atoms with Crippen LogP contribution in [0.5, 0.6) is 0 Å². The smallest absolute Gasteiger partial charge is 0.268 e. The monoisotopic (exact) mass is 399 g/mol. The quantitative estimate of drug-likeness (QED) is 0.654. The number of sulfonamides is 1. The van der Waals surface area contributed by atoms with E-state index in [0.717, 1.165) is 38.1 Å². The Kier molecular flexibility index (Phi) is 4.86. The van der Waals surface area contributed by atoms with Crippen LogP contribution >= 0.6 is 0 Å². The lowest BCUT2D eigenvalue weighted by Gasteiger charge is -2.09. The van der Waals surface area contributed by atoms with Gasteiger partial charge in [-0.3, -0.25) is 10.2 Å². The molecule has 1 aromatic carbocycles. The molecule has 2 aromatic heterocycles. The number of carbonyl (C=O) groups excluding carboxylic acids is 1. The molecule has 1 aliphatic rings. The number of hydrogen-bond acceptors (Lipinski definition) is 5. The summed E-state index contributed by atoms with van der Waals surface area (Å²) in [7, 11) is -3.86. The molecule has 0 fully saturated rings. The standard InChI is InChI=1S/C19H21N5O3S/c1-13-12-15(17-18(20-13)24-11-7-3-6-10-16(24)21-17)19(25)22-23-28(26,27)14-8-4-2-5-9-14/h2,4-5,8-9,12,23H,3,6-7,10-11H2,1H3,(H,22,25). The van der Waals surface area contributed by atoms with Crippen molar-refractivity contribution in [2.75, 3.05) is 0 Å². The van der Waals surface area contributed by atoms with Crippen LogP contribution in [0.15, 0.2) is 41.3 Å². The van der Waals surface area contributed by atoms with Crippen LogP contribution in [-0.2, 0) is 23.0 Å². The summed E-state index contributed by atoms with van der Waals surface area (Å²) in [6, 6.07) is 9.48. The largest absolute Gasteiger partial charge is 0.313 e. The van der Waals surface area contributed by atoms with Gasteiger partial charge in [-0.2, -0.15) is 0 Å². The predicted octanol–water partition coefficient (Wildman–Crippen LogP) is 2.09. The number of nitrogens with zero attached hydrogens (tertiary/aromatic N) is 3. The average Bonchev–Trinajstić information content (AvgIpc) is 2.87. The minimum absolute atomic E-state index is 0.0695. The summed E-state index contributed by atoms with van der Waals surface area (Å²) in [5, 5.41) is 0. The molecule has 1 amide bonds. The van der Waals surface area contributed by atoms with Crippen molar-refractivity contribution in [3.8, 4) is 0 Å². The molecule has 0 saturated carbocycles. The maximum Gasteiger partial charge on any atom is 0.268 e. The minimum atomic E-state index is -3.86. The first-order valence-electron chi connectivity index (χ1n) is 9.20. The van der Waals surface area contributed by atoms with Crippen LogP contribution in [0.4, 0.5) is 0 Å². The second kappa shape index (κ2) is 7.33. The Morgan fingerprint density at radius 3 is 2.68 bits per heavy atom. The third-order valence-corrected chi connectivity index (χ3v) is 6.05. The fourth-order valence-corrected chi connectivity index (χ4v) is 4.29. The van der Waals surface area contributed by atoms with Gasteiger partial charge < -0.3 is 4.57 Å². The van der Waals surface area contributed by atoms with Gasteiger partial charge in [0, 0.05) is 18.7 Å². The van der Waals surface area contributed by atoms with Crippen molar-refractivity contribution in [3.05, 3.63) is 53.5 Å². The number of carbonyl (C=O) groups is 1. The highest BCUT2D eigenvalue weighted by molar-refractivity contribution is 7.89. The highest BCUT2D eigenvalue weighted by Crippen LogP contribution is 2.24. The molecular weight excluding hydrogens is 378 g/mol. The van der Waals surface area contributed by atoms with Crippen molar-refractivity contribution >= 4 is 27.1 Å². The van der Waals surface area contributed by atoms with Gasteiger partial charge in [-0.1, -0.05) is 24.6 Å². The molecule has 1 aliphatic heterocycles. The fraction of sp³-hybridized carbons (Fsp3) is 0.316. The van der Waals surface area contributed by atoms with E-state index in [4.69, 9.17) is 0 Å². The summed E-state index contributed by atoms with van der Waals surface area (Å²) in [6.45, 7) is 2.63. The first kappa shape index (κ1) is 18.6. The summed E-state index contributed by atoms with van der Waals surface area (Å²) < 4.78 is 26.7. The highest BCUT2D eigenvalue weighted by atomic mass is 32.2. The van der Waals surface area contributed by atoms with Gasteiger partial charge >= 0.3 is 0 Å². The molecule has 8 nitrogen and oxygen atoms in total. The van der Waals surface area contributed by atoms with E-state index in [1.54, 1.807) is 31.2 Å². The van der Waals surface area contributed by atoms with E-state index in [1.807, 2.05) is 0 Å². The molecule has 28 heavy (non-hydrogen) atoms. The van der Waals surface area contributed by atoms with Gasteiger partial charge in [0.15, 0.2) is 5.65 Å². The van der Waals surface area contributed by atoms with E-state index in [0.29, 0.717) is 22.4 Å². The summed E-state index contributed by atoms with van der Waals surface area (Å²) >= 11 is 0. The molecule has 146 valence electrons. The average molecular weight is 399 g/mol. The number of pyridine rings is 1. The van der Waals surface area contributed by atoms with Crippen LogP contribution in [0.2, 0.25) is 0 Å². The zero-order valence-corrected chi connectivity index (χ0v) is 16.3. The van der Waals surface area contributed by atoms with Crippen LogP contribution in [-0.4, -0.2) is 28.9 Å². The third kappa shape index (κ3) is 3.50. The molecule has 3 heterocycles. The van der Waals surface area contributed by atoms with Crippen LogP contribution in [0, 0.1) is 6.92 Å². The Balaban J connectivity index is 1.64. The lowest BCUT2D eigenvalue weighted by Crippen LogP contribution is -2.41. The molecule has 0 unspecified atom stereocenters. The van der Waals surface area contributed by atoms with Crippen molar-refractivity contribution in [2.24, 2.45) is 0 Å². The number of aryl methyl sites for hydroxylation is 3. The van der Waals surface area contributed by atoms with Crippen LogP contribution < -0.4 is 10.3 Å². The molecular formula is C19H21N5O3S. The van der Waals surface area contributed by atoms with E-state index in [9.17, 15) is 13.2 Å². The highest BCUT2D eigenvalue weighted by Gasteiger charge is 2.22. The number of rotatable bonds is 4. The Morgan fingerprint density at radius 2 is 1.89 bits per heavy atom. The summed E-state index contributed by atoms with van der Waals surface area (Å²) in [5.41, 5.74) is 4.45. The molecule has 0 aliphatic carbocycles. The number of hydrazine groups is 1. The molecule has 2 N–H and O–H groups in total. The van der Waals surface area contributed by atoms with Crippen LogP contribution in [0.25, 0.3) is 11.2 Å². The number of amides is 1. The Labute approximate surface area is 163 Å². The number of nitrogens with one attached hydrogen (secondary N) is 2. The second-order valence-electron chi connectivity index (χ2n) is 6.85. The second-order valence-corrected chi connectivity index (χ2v) is 8.53. The number of imidazole rings is 1. The lowest BCUT2D eigenvalue weighted by atomic mass is 10.2. The van der Waals surface area contributed by atoms with Gasteiger partial charge in [0.2, 0.25) is 0 Å². The molecule has 4 rings (SSSR count). The molecule has 9 heteroatoms. The normalized spacial score (nSPS) is 14.5. The maximum absolute atomic E-state index is 12.8. The number of aromatic nitrogens is 3. The number of benzene rings is 1. The lowest BCUT2D eigenvalue weighted by molar-refractivity contribution is 0.0946. The van der Waals surface area contributed by atoms with Crippen molar-refractivity contribution in [1.82, 2.24) is 24.8 Å². The third-order valence-electron chi connectivity index (χ3n) is 4.79. The van der Waals surface area contributed by atoms with E-state index in [1.165, 1.54) is 12.1 Å². The van der Waals surface area contributed by atoms with E-state index >= 15 is 0 Å². The zero-order chi connectivity index (χ0) is 19.7. The van der Waals surface area contributed by atoms with Gasteiger partial charge in [0.1, 0.15) is 11.3 Å². The van der Waals surface area contributed by atoms with Gasteiger partial charge in [-0.05, 0) is 38.0 Å². The SMILES string of the molecule is Cc1cc(C(=O)NNS(=O)(=O)c2ccccc2)c2nc3n(c2n1)CCCCC3. The Hall–Kier alpha value is -2.78. The topological polar surface area (TPSA) is 106 Å². The Morgan fingerprint density at radius 1 is 1.11 bits per heavy atom. The number of hydrogen-bond donors (Lipinski definition) is 2. The van der Waals surface area contributed by atoms with Crippen LogP contribution in [0.3, 0.4) is 0 Å². The molecule has 0 radical (unpaired) electrons. The fourth-order valence-electron chi connectivity index (χ4n) is 3.43. The van der Waals surface area contributed by atoms with Gasteiger partial charge in [0.05, 0.1) is 10.5 Å². The minimum Gasteiger partial charge on any atom is -0.313 e. The number of fused-ring (bicyclic) bond motifs is 3. The summed E-state index contributed by atoms with van der Waals surface area (Å²) in [4.78, 5) is 24.2. The van der Waals surface area contributed by atoms with E-state index in [-0.39, 0.29) is 4.90 Å². The van der Waals surface area contributed by atoms with E-state index < -0.39 is 15.9 Å². The maximum atomic E-state index is 12.8. The molecule has 0 atom stereocenters. The first-order valence-corrected chi connectivity index (χ1v) is 10.7. The summed E-state index contributed by atoms with van der Waals surface area (Å²) in [5.74, 6) is 0.354. The molecule has 3 aromatic rings. The predicted molar refractivity (Wildman–Crippen MR) is 104 cm³/mol.